The molecule has 1 N–H and O–H groups in total. The molecule has 0 spiro atoms. The molecule has 0 bridgehead atoms. The van der Waals surface area contributed by atoms with Gasteiger partial charge in [0.05, 0.1) is 31.2 Å². The second-order valence-electron chi connectivity index (χ2n) is 8.55. The number of amides is 2. The first-order chi connectivity index (χ1) is 16.9. The van der Waals surface area contributed by atoms with E-state index >= 15 is 0 Å². The zero-order valence-corrected chi connectivity index (χ0v) is 23.0. The quantitative estimate of drug-likeness (QED) is 0.443. The van der Waals surface area contributed by atoms with Crippen LogP contribution in [0.3, 0.4) is 0 Å². The van der Waals surface area contributed by atoms with E-state index in [1.807, 2.05) is 13.8 Å². The Balaban J connectivity index is 2.46. The number of carbonyl (C=O) groups is 2. The number of anilines is 1. The highest BCUT2D eigenvalue weighted by Gasteiger charge is 2.32. The molecule has 0 heterocycles. The largest absolute Gasteiger partial charge is 0.497 e. The average Bonchev–Trinajstić information content (AvgIpc) is 2.81. The van der Waals surface area contributed by atoms with Gasteiger partial charge in [0.2, 0.25) is 21.8 Å². The van der Waals surface area contributed by atoms with Gasteiger partial charge in [-0.05, 0) is 56.2 Å². The lowest BCUT2D eigenvalue weighted by molar-refractivity contribution is -0.140. The molecule has 0 saturated carbocycles. The molecular formula is C25H34ClN3O6S. The summed E-state index contributed by atoms with van der Waals surface area (Å²) in [5, 5.41) is 3.06. The molecule has 11 heteroatoms. The molecule has 0 saturated heterocycles. The Morgan fingerprint density at radius 3 is 2.17 bits per heavy atom. The summed E-state index contributed by atoms with van der Waals surface area (Å²) < 4.78 is 36.7. The van der Waals surface area contributed by atoms with Crippen molar-refractivity contribution in [2.45, 2.75) is 45.8 Å². The lowest BCUT2D eigenvalue weighted by Gasteiger charge is -2.33. The first-order valence-electron chi connectivity index (χ1n) is 11.4. The standard InChI is InChI=1S/C25H34ClN3O6S/c1-7-22(25(31)27-17(2)3)28(15-18-8-11-20(34-4)12-9-18)24(30)16-29(36(6,32)33)19-10-13-23(35-5)21(26)14-19/h8-14,17,22H,7,15-16H2,1-6H3,(H,27,31). The number of halogens is 1. The molecule has 2 aromatic carbocycles. The summed E-state index contributed by atoms with van der Waals surface area (Å²) in [7, 11) is -0.865. The smallest absolute Gasteiger partial charge is 0.244 e. The maximum Gasteiger partial charge on any atom is 0.244 e. The van der Waals surface area contributed by atoms with Crippen LogP contribution in [0.25, 0.3) is 0 Å². The molecule has 9 nitrogen and oxygen atoms in total. The van der Waals surface area contributed by atoms with Gasteiger partial charge in [0.25, 0.3) is 0 Å². The van der Waals surface area contributed by atoms with Gasteiger partial charge in [0, 0.05) is 12.6 Å². The molecule has 36 heavy (non-hydrogen) atoms. The van der Waals surface area contributed by atoms with Gasteiger partial charge in [-0.1, -0.05) is 30.7 Å². The molecule has 1 unspecified atom stereocenters. The highest BCUT2D eigenvalue weighted by molar-refractivity contribution is 7.92. The van der Waals surface area contributed by atoms with Crippen molar-refractivity contribution in [3.63, 3.8) is 0 Å². The van der Waals surface area contributed by atoms with Crippen molar-refractivity contribution in [3.05, 3.63) is 53.1 Å². The van der Waals surface area contributed by atoms with Crippen LogP contribution >= 0.6 is 11.6 Å². The topological polar surface area (TPSA) is 105 Å². The zero-order chi connectivity index (χ0) is 27.0. The predicted octanol–water partition coefficient (Wildman–Crippen LogP) is 3.46. The third-order valence-corrected chi connectivity index (χ3v) is 6.87. The van der Waals surface area contributed by atoms with Gasteiger partial charge in [0.15, 0.2) is 0 Å². The van der Waals surface area contributed by atoms with E-state index in [1.165, 1.54) is 30.2 Å². The Kier molecular flexibility index (Phi) is 10.4. The number of nitrogens with one attached hydrogen (secondary N) is 1. The molecule has 1 atom stereocenters. The first kappa shape index (κ1) is 29.3. The summed E-state index contributed by atoms with van der Waals surface area (Å²) in [4.78, 5) is 28.1. The van der Waals surface area contributed by atoms with E-state index < -0.39 is 28.5 Å². The van der Waals surface area contributed by atoms with Gasteiger partial charge in [-0.3, -0.25) is 13.9 Å². The van der Waals surface area contributed by atoms with E-state index in [-0.39, 0.29) is 29.2 Å². The van der Waals surface area contributed by atoms with E-state index in [0.717, 1.165) is 16.1 Å². The minimum absolute atomic E-state index is 0.105. The molecule has 2 aromatic rings. The summed E-state index contributed by atoms with van der Waals surface area (Å²) in [6.45, 7) is 5.06. The zero-order valence-electron chi connectivity index (χ0n) is 21.4. The van der Waals surface area contributed by atoms with Crippen molar-refractivity contribution in [1.29, 1.82) is 0 Å². The third kappa shape index (κ3) is 7.76. The summed E-state index contributed by atoms with van der Waals surface area (Å²) in [6, 6.07) is 10.6. The molecule has 2 rings (SSSR count). The van der Waals surface area contributed by atoms with Crippen LogP contribution in [0.5, 0.6) is 11.5 Å². The van der Waals surface area contributed by atoms with Crippen LogP contribution in [0.1, 0.15) is 32.8 Å². The van der Waals surface area contributed by atoms with E-state index in [2.05, 4.69) is 5.32 Å². The number of rotatable bonds is 12. The number of ether oxygens (including phenoxy) is 2. The van der Waals surface area contributed by atoms with Crippen molar-refractivity contribution in [2.24, 2.45) is 0 Å². The summed E-state index contributed by atoms with van der Waals surface area (Å²) in [5.74, 6) is 0.181. The Hall–Kier alpha value is -2.98. The summed E-state index contributed by atoms with van der Waals surface area (Å²) >= 11 is 6.21. The fourth-order valence-corrected chi connectivity index (χ4v) is 4.75. The Morgan fingerprint density at radius 1 is 1.06 bits per heavy atom. The monoisotopic (exact) mass is 539 g/mol. The van der Waals surface area contributed by atoms with Crippen molar-refractivity contribution >= 4 is 39.1 Å². The Labute approximate surface area is 218 Å². The first-order valence-corrected chi connectivity index (χ1v) is 13.7. The molecule has 0 aliphatic heterocycles. The van der Waals surface area contributed by atoms with E-state index in [4.69, 9.17) is 21.1 Å². The molecule has 0 aromatic heterocycles. The summed E-state index contributed by atoms with van der Waals surface area (Å²) in [5.41, 5.74) is 0.971. The lowest BCUT2D eigenvalue weighted by atomic mass is 10.1. The van der Waals surface area contributed by atoms with Crippen LogP contribution < -0.4 is 19.1 Å². The van der Waals surface area contributed by atoms with Crippen LogP contribution in [0, 0.1) is 0 Å². The fraction of sp³-hybridized carbons (Fsp3) is 0.440. The number of methoxy groups -OCH3 is 2. The second-order valence-corrected chi connectivity index (χ2v) is 10.9. The minimum atomic E-state index is -3.87. The van der Waals surface area contributed by atoms with Crippen molar-refractivity contribution in [2.75, 3.05) is 31.3 Å². The van der Waals surface area contributed by atoms with Gasteiger partial charge < -0.3 is 19.7 Å². The van der Waals surface area contributed by atoms with E-state index in [1.54, 1.807) is 38.3 Å². The normalized spacial score (nSPS) is 12.1. The number of carbonyl (C=O) groups excluding carboxylic acids is 2. The van der Waals surface area contributed by atoms with Crippen molar-refractivity contribution in [3.8, 4) is 11.5 Å². The highest BCUT2D eigenvalue weighted by atomic mass is 35.5. The van der Waals surface area contributed by atoms with Crippen LogP contribution in [0.4, 0.5) is 5.69 Å². The average molecular weight is 540 g/mol. The molecular weight excluding hydrogens is 506 g/mol. The minimum Gasteiger partial charge on any atom is -0.497 e. The highest BCUT2D eigenvalue weighted by Crippen LogP contribution is 2.30. The number of nitrogens with zero attached hydrogens (tertiary/aromatic N) is 2. The predicted molar refractivity (Wildman–Crippen MR) is 141 cm³/mol. The lowest BCUT2D eigenvalue weighted by Crippen LogP contribution is -2.53. The van der Waals surface area contributed by atoms with Crippen molar-refractivity contribution < 1.29 is 27.5 Å². The Bertz CT molecular complexity index is 1150. The van der Waals surface area contributed by atoms with Gasteiger partial charge in [-0.2, -0.15) is 0 Å². The second kappa shape index (κ2) is 12.8. The number of benzene rings is 2. The van der Waals surface area contributed by atoms with Crippen LogP contribution in [0.2, 0.25) is 5.02 Å². The maximum absolute atomic E-state index is 13.7. The summed E-state index contributed by atoms with van der Waals surface area (Å²) in [6.07, 6.45) is 1.35. The van der Waals surface area contributed by atoms with Crippen LogP contribution in [0.15, 0.2) is 42.5 Å². The Morgan fingerprint density at radius 2 is 1.69 bits per heavy atom. The fourth-order valence-electron chi connectivity index (χ4n) is 3.65. The van der Waals surface area contributed by atoms with Gasteiger partial charge >= 0.3 is 0 Å². The van der Waals surface area contributed by atoms with Crippen LogP contribution in [-0.2, 0) is 26.2 Å². The molecule has 0 radical (unpaired) electrons. The van der Waals surface area contributed by atoms with E-state index in [9.17, 15) is 18.0 Å². The molecule has 2 amide bonds. The maximum atomic E-state index is 13.7. The van der Waals surface area contributed by atoms with Crippen LogP contribution in [-0.4, -0.2) is 64.2 Å². The third-order valence-electron chi connectivity index (χ3n) is 5.43. The SMILES string of the molecule is CCC(C(=O)NC(C)C)N(Cc1ccc(OC)cc1)C(=O)CN(c1ccc(OC)c(Cl)c1)S(C)(=O)=O. The number of hydrogen-bond donors (Lipinski definition) is 1. The molecule has 0 fully saturated rings. The molecule has 0 aliphatic rings. The van der Waals surface area contributed by atoms with Gasteiger partial charge in [0.1, 0.15) is 24.1 Å². The van der Waals surface area contributed by atoms with E-state index in [0.29, 0.717) is 17.9 Å². The van der Waals surface area contributed by atoms with Gasteiger partial charge in [-0.15, -0.1) is 0 Å². The van der Waals surface area contributed by atoms with Crippen molar-refractivity contribution in [1.82, 2.24) is 10.2 Å². The molecule has 198 valence electrons. The number of hydrogen-bond acceptors (Lipinski definition) is 6. The number of sulfonamides is 1. The van der Waals surface area contributed by atoms with Gasteiger partial charge in [-0.25, -0.2) is 8.42 Å². The molecule has 0 aliphatic carbocycles.